The van der Waals surface area contributed by atoms with E-state index in [1.807, 2.05) is 19.1 Å². The normalized spacial score (nSPS) is 32.3. The van der Waals surface area contributed by atoms with Crippen LogP contribution in [0.5, 0.6) is 28.7 Å². The molecule has 3 heterocycles. The largest absolute Gasteiger partial charge is 0.508 e. The van der Waals surface area contributed by atoms with E-state index in [-0.39, 0.29) is 64.6 Å². The van der Waals surface area contributed by atoms with Crippen molar-refractivity contribution in [2.24, 2.45) is 11.8 Å². The van der Waals surface area contributed by atoms with E-state index in [0.29, 0.717) is 24.8 Å². The number of rotatable bonds is 15. The molecule has 1 aliphatic carbocycles. The Morgan fingerprint density at radius 2 is 1.38 bits per heavy atom. The molecule has 4 aliphatic rings. The highest BCUT2D eigenvalue weighted by Gasteiger charge is 2.48. The number of aliphatic hydroxyl groups excluding tert-OH is 7. The summed E-state index contributed by atoms with van der Waals surface area (Å²) in [5.41, 5.74) is 0.423. The number of benzene rings is 3. The van der Waals surface area contributed by atoms with Gasteiger partial charge in [-0.3, -0.25) is 9.59 Å². The lowest BCUT2D eigenvalue weighted by atomic mass is 9.89. The highest BCUT2D eigenvalue weighted by Crippen LogP contribution is 2.44. The molecule has 65 heavy (non-hydrogen) atoms. The van der Waals surface area contributed by atoms with Gasteiger partial charge in [-0.25, -0.2) is 4.79 Å². The van der Waals surface area contributed by atoms with Crippen LogP contribution in [-0.2, 0) is 23.7 Å². The first-order chi connectivity index (χ1) is 31.1. The maximum atomic E-state index is 13.8. The number of aromatic hydroxyl groups is 2. The second-order valence-electron chi connectivity index (χ2n) is 16.6. The molecule has 3 aromatic carbocycles. The lowest BCUT2D eigenvalue weighted by Gasteiger charge is -2.40. The summed E-state index contributed by atoms with van der Waals surface area (Å²) in [6.45, 7) is 0.844. The third kappa shape index (κ3) is 11.0. The van der Waals surface area contributed by atoms with Crippen molar-refractivity contribution >= 4 is 17.7 Å². The number of fused-ring (bicyclic) bond motifs is 1. The van der Waals surface area contributed by atoms with E-state index in [2.05, 4.69) is 0 Å². The Bertz CT molecular complexity index is 2140. The van der Waals surface area contributed by atoms with Crippen LogP contribution in [0, 0.1) is 11.8 Å². The molecule has 0 bridgehead atoms. The summed E-state index contributed by atoms with van der Waals surface area (Å²) in [4.78, 5) is 39.7. The third-order valence-electron chi connectivity index (χ3n) is 12.1. The van der Waals surface area contributed by atoms with Crippen molar-refractivity contribution in [3.05, 3.63) is 89.5 Å². The van der Waals surface area contributed by atoms with Gasteiger partial charge in [-0.2, -0.15) is 0 Å². The fourth-order valence-electron chi connectivity index (χ4n) is 8.43. The second-order valence-corrected chi connectivity index (χ2v) is 16.6. The summed E-state index contributed by atoms with van der Waals surface area (Å²) >= 11 is 0. The van der Waals surface area contributed by atoms with E-state index in [0.717, 1.165) is 6.42 Å². The number of allylic oxidation sites excluding steroid dienone is 2. The van der Waals surface area contributed by atoms with Gasteiger partial charge in [0.2, 0.25) is 12.6 Å². The molecule has 14 atom stereocenters. The fraction of sp³-hybridized carbons (Fsp3) is 0.500. The molecule has 0 amide bonds. The molecule has 11 unspecified atom stereocenters. The van der Waals surface area contributed by atoms with Crippen molar-refractivity contribution < 1.29 is 93.5 Å². The van der Waals surface area contributed by atoms with E-state index in [1.165, 1.54) is 48.5 Å². The molecular weight excluding hydrogens is 856 g/mol. The Balaban J connectivity index is 1.08. The zero-order valence-electron chi connectivity index (χ0n) is 35.3. The molecule has 3 aliphatic heterocycles. The van der Waals surface area contributed by atoms with Gasteiger partial charge in [-0.05, 0) is 79.5 Å². The number of phenols is 2. The molecule has 0 aromatic heterocycles. The summed E-state index contributed by atoms with van der Waals surface area (Å²) in [7, 11) is 0. The zero-order chi connectivity index (χ0) is 46.5. The number of Topliss-reactive ketones (excluding diaryl/α,β-unsaturated/α-hetero) is 1. The van der Waals surface area contributed by atoms with Crippen molar-refractivity contribution in [2.45, 2.75) is 119 Å². The number of hydrogen-bond acceptors (Lipinski definition) is 19. The molecule has 9 N–H and O–H groups in total. The van der Waals surface area contributed by atoms with Crippen LogP contribution >= 0.6 is 0 Å². The van der Waals surface area contributed by atoms with Crippen LogP contribution in [0.2, 0.25) is 0 Å². The van der Waals surface area contributed by atoms with E-state index < -0.39 is 105 Å². The molecule has 3 aromatic rings. The van der Waals surface area contributed by atoms with Crippen molar-refractivity contribution in [3.63, 3.8) is 0 Å². The van der Waals surface area contributed by atoms with Gasteiger partial charge in [0.25, 0.3) is 0 Å². The minimum Gasteiger partial charge on any atom is -0.508 e. The number of ketones is 1. The predicted molar refractivity (Wildman–Crippen MR) is 222 cm³/mol. The summed E-state index contributed by atoms with van der Waals surface area (Å²) in [5.74, 6) is -2.93. The van der Waals surface area contributed by atoms with Crippen LogP contribution in [-0.4, -0.2) is 144 Å². The number of hydrogen-bond donors (Lipinski definition) is 9. The quantitative estimate of drug-likeness (QED) is 0.0775. The topological polar surface area (TPSA) is 298 Å². The summed E-state index contributed by atoms with van der Waals surface area (Å²) < 4.78 is 40.6. The molecule has 0 radical (unpaired) electrons. The van der Waals surface area contributed by atoms with Gasteiger partial charge in [0.05, 0.1) is 18.1 Å². The van der Waals surface area contributed by atoms with Gasteiger partial charge in [-0.15, -0.1) is 0 Å². The first-order valence-corrected chi connectivity index (χ1v) is 21.5. The van der Waals surface area contributed by atoms with Gasteiger partial charge in [0, 0.05) is 18.6 Å². The van der Waals surface area contributed by atoms with E-state index in [4.69, 9.17) is 33.2 Å². The van der Waals surface area contributed by atoms with Crippen LogP contribution in [0.1, 0.15) is 77.8 Å². The average Bonchev–Trinajstić information content (AvgIpc) is 3.63. The van der Waals surface area contributed by atoms with Crippen LogP contribution in [0.3, 0.4) is 0 Å². The van der Waals surface area contributed by atoms with Crippen molar-refractivity contribution in [2.75, 3.05) is 13.2 Å². The molecule has 7 rings (SSSR count). The molecule has 3 fully saturated rings. The van der Waals surface area contributed by atoms with E-state index >= 15 is 0 Å². The Hall–Kier alpha value is -5.35. The van der Waals surface area contributed by atoms with Gasteiger partial charge in [0.15, 0.2) is 5.78 Å². The predicted octanol–water partition coefficient (Wildman–Crippen LogP) is 1.71. The lowest BCUT2D eigenvalue weighted by Crippen LogP contribution is -2.60. The number of ether oxygens (including phenoxy) is 7. The smallest absolute Gasteiger partial charge is 0.340 e. The first kappa shape index (κ1) is 47.6. The number of carbonyl (C=O) groups excluding carboxylic acids is 3. The summed E-state index contributed by atoms with van der Waals surface area (Å²) in [6.07, 6.45) is -12.4. The Kier molecular flexibility index (Phi) is 15.3. The first-order valence-electron chi connectivity index (χ1n) is 21.5. The van der Waals surface area contributed by atoms with Crippen molar-refractivity contribution in [1.29, 1.82) is 0 Å². The third-order valence-corrected chi connectivity index (χ3v) is 12.1. The number of carbonyl (C=O) groups is 3. The molecule has 0 spiro atoms. The maximum Gasteiger partial charge on any atom is 0.340 e. The van der Waals surface area contributed by atoms with Gasteiger partial charge in [-0.1, -0.05) is 31.2 Å². The maximum absolute atomic E-state index is 13.8. The van der Waals surface area contributed by atoms with Gasteiger partial charge < -0.3 is 79.1 Å². The number of phenolic OH excluding ortho intramolecular Hbond substituents is 2. The van der Waals surface area contributed by atoms with Crippen LogP contribution in [0.25, 0.3) is 0 Å². The molecular formula is C46H54O19. The minimum atomic E-state index is -1.89. The standard InChI is InChI=1S/C46H54O19/c1-2-3-4-5-28-24(10-15-29(28)49)16-36(51)60-21-35-39(53)40(54)42(56)45(63-35)61-27-17-32(37-30(50)19-31(62-33(37)18-27)22-6-11-25(47)12-7-22)59-20-34-38(52)41(55)43(57)46(64-34)65-44(58)23-8-13-26(48)14-9-23/h3-4,6-9,11-14,17-18,24,28-29,31,34-35,38-43,45-49,52-57H,2,5,10,15-16,19-21H2,1H3/b4-3-/t24-,28-,29+,31?,34?,35?,38?,39?,40?,41?,42?,43?,45?,46?/m0/s1. The fourth-order valence-corrected chi connectivity index (χ4v) is 8.43. The van der Waals surface area contributed by atoms with E-state index in [1.54, 1.807) is 12.1 Å². The van der Waals surface area contributed by atoms with Crippen molar-refractivity contribution in [1.82, 2.24) is 0 Å². The summed E-state index contributed by atoms with van der Waals surface area (Å²) in [5, 5.41) is 94.9. The second kappa shape index (κ2) is 20.9. The number of esters is 2. The SMILES string of the molecule is CC/C=C\C[C@H]1[C@H](CC(=O)OCC2OC(Oc3cc(OCC4OC(OC(=O)c5ccc(O)cc5)C(O)C(O)C4O)c4c(c3)OC(c3ccc(O)cc3)CC4=O)C(O)C(O)C2O)CC[C@H]1O. The van der Waals surface area contributed by atoms with Crippen LogP contribution in [0.4, 0.5) is 0 Å². The molecule has 1 saturated carbocycles. The van der Waals surface area contributed by atoms with Crippen molar-refractivity contribution in [3.8, 4) is 28.7 Å². The Morgan fingerprint density at radius 3 is 2.06 bits per heavy atom. The molecule has 2 saturated heterocycles. The minimum absolute atomic E-state index is 0.00541. The molecule has 352 valence electrons. The lowest BCUT2D eigenvalue weighted by molar-refractivity contribution is -0.284. The average molecular weight is 911 g/mol. The van der Waals surface area contributed by atoms with E-state index in [9.17, 15) is 60.3 Å². The number of aliphatic hydroxyl groups is 7. The molecule has 19 nitrogen and oxygen atoms in total. The summed E-state index contributed by atoms with van der Waals surface area (Å²) in [6, 6.07) is 13.4. The zero-order valence-corrected chi connectivity index (χ0v) is 35.3. The van der Waals surface area contributed by atoms with Gasteiger partial charge in [0.1, 0.15) is 102 Å². The monoisotopic (exact) mass is 910 g/mol. The molecule has 19 heteroatoms. The van der Waals surface area contributed by atoms with Gasteiger partial charge >= 0.3 is 11.9 Å². The Morgan fingerprint density at radius 1 is 0.754 bits per heavy atom. The van der Waals surface area contributed by atoms with Crippen LogP contribution in [0.15, 0.2) is 72.8 Å². The highest BCUT2D eigenvalue weighted by molar-refractivity contribution is 6.03. The Labute approximate surface area is 372 Å². The van der Waals surface area contributed by atoms with Crippen LogP contribution < -0.4 is 14.2 Å². The highest BCUT2D eigenvalue weighted by atomic mass is 16.7.